The molecule has 0 radical (unpaired) electrons. The summed E-state index contributed by atoms with van der Waals surface area (Å²) in [7, 11) is 0. The standard InChI is InChI=1S/C21H28N2O5/c1-14-11-16(4-5-18(14)28-17-6-9-27-10-7-17)22-20(26)23-12-15-3-2-8-21(15,13-23)19(24)25/h4-5,11,15,17H,2-3,6-10,12-13H2,1H3,(H,22,26)(H,24,25)/t15-,21+/m0/s1. The van der Waals surface area contributed by atoms with E-state index < -0.39 is 11.4 Å². The minimum absolute atomic E-state index is 0.0627. The van der Waals surface area contributed by atoms with Crippen LogP contribution in [0.1, 0.15) is 37.7 Å². The number of aliphatic carboxylic acids is 1. The molecule has 2 atom stereocenters. The number of anilines is 1. The third-order valence-electron chi connectivity index (χ3n) is 6.47. The number of benzene rings is 1. The molecule has 2 aliphatic heterocycles. The Morgan fingerprint density at radius 1 is 1.29 bits per heavy atom. The van der Waals surface area contributed by atoms with Crippen molar-refractivity contribution in [1.82, 2.24) is 4.90 Å². The van der Waals surface area contributed by atoms with Gasteiger partial charge in [0, 0.05) is 31.6 Å². The number of carbonyl (C=O) groups is 2. The van der Waals surface area contributed by atoms with Crippen LogP contribution in [0.4, 0.5) is 10.5 Å². The number of nitrogens with one attached hydrogen (secondary N) is 1. The van der Waals surface area contributed by atoms with E-state index in [0.717, 1.165) is 50.2 Å². The highest BCUT2D eigenvalue weighted by atomic mass is 16.5. The van der Waals surface area contributed by atoms with Crippen molar-refractivity contribution < 1.29 is 24.2 Å². The van der Waals surface area contributed by atoms with Gasteiger partial charge in [0.2, 0.25) is 0 Å². The topological polar surface area (TPSA) is 88.1 Å². The summed E-state index contributed by atoms with van der Waals surface area (Å²) in [6.07, 6.45) is 4.42. The lowest BCUT2D eigenvalue weighted by Crippen LogP contribution is -2.38. The zero-order valence-electron chi connectivity index (χ0n) is 16.3. The number of carbonyl (C=O) groups excluding carboxylic acids is 1. The van der Waals surface area contributed by atoms with Crippen LogP contribution in [0.3, 0.4) is 0 Å². The Morgan fingerprint density at radius 2 is 2.07 bits per heavy atom. The van der Waals surface area contributed by atoms with Crippen molar-refractivity contribution in [3.8, 4) is 5.75 Å². The molecule has 7 nitrogen and oxygen atoms in total. The van der Waals surface area contributed by atoms with Crippen LogP contribution < -0.4 is 10.1 Å². The third-order valence-corrected chi connectivity index (χ3v) is 6.47. The van der Waals surface area contributed by atoms with Gasteiger partial charge < -0.3 is 24.8 Å². The molecule has 3 fully saturated rings. The lowest BCUT2D eigenvalue weighted by Gasteiger charge is -2.25. The summed E-state index contributed by atoms with van der Waals surface area (Å²) in [4.78, 5) is 26.2. The maximum absolute atomic E-state index is 12.7. The van der Waals surface area contributed by atoms with Gasteiger partial charge in [-0.15, -0.1) is 0 Å². The monoisotopic (exact) mass is 388 g/mol. The molecule has 7 heteroatoms. The molecule has 4 rings (SSSR count). The lowest BCUT2D eigenvalue weighted by atomic mass is 9.81. The van der Waals surface area contributed by atoms with Crippen LogP contribution in [0.5, 0.6) is 5.75 Å². The number of likely N-dealkylation sites (tertiary alicyclic amines) is 1. The van der Waals surface area contributed by atoms with E-state index in [0.29, 0.717) is 25.2 Å². The van der Waals surface area contributed by atoms with Crippen LogP contribution in [0.15, 0.2) is 18.2 Å². The molecule has 2 heterocycles. The van der Waals surface area contributed by atoms with Gasteiger partial charge in [-0.3, -0.25) is 4.79 Å². The van der Waals surface area contributed by atoms with Crippen molar-refractivity contribution in [3.63, 3.8) is 0 Å². The number of carboxylic acid groups (broad SMARTS) is 1. The molecule has 2 amide bonds. The molecular weight excluding hydrogens is 360 g/mol. The van der Waals surface area contributed by atoms with Gasteiger partial charge in [-0.05, 0) is 49.4 Å². The molecule has 1 aliphatic carbocycles. The van der Waals surface area contributed by atoms with E-state index in [2.05, 4.69) is 5.32 Å². The van der Waals surface area contributed by atoms with Gasteiger partial charge >= 0.3 is 12.0 Å². The van der Waals surface area contributed by atoms with E-state index >= 15 is 0 Å². The number of urea groups is 1. The van der Waals surface area contributed by atoms with Gasteiger partial charge in [0.1, 0.15) is 11.9 Å². The maximum Gasteiger partial charge on any atom is 0.321 e. The number of nitrogens with zero attached hydrogens (tertiary/aromatic N) is 1. The SMILES string of the molecule is Cc1cc(NC(=O)N2C[C@@H]3CCC[C@@]3(C(=O)O)C2)ccc1OC1CCOCC1. The molecule has 1 aromatic rings. The first kappa shape index (κ1) is 19.1. The molecule has 0 spiro atoms. The van der Waals surface area contributed by atoms with Crippen molar-refractivity contribution in [2.75, 3.05) is 31.6 Å². The molecule has 3 aliphatic rings. The Bertz CT molecular complexity index is 761. The molecule has 2 saturated heterocycles. The molecular formula is C21H28N2O5. The first-order chi connectivity index (χ1) is 13.5. The Morgan fingerprint density at radius 3 is 2.75 bits per heavy atom. The van der Waals surface area contributed by atoms with E-state index in [4.69, 9.17) is 9.47 Å². The van der Waals surface area contributed by atoms with Gasteiger partial charge in [-0.2, -0.15) is 0 Å². The number of amides is 2. The van der Waals surface area contributed by atoms with Crippen LogP contribution >= 0.6 is 0 Å². The zero-order chi connectivity index (χ0) is 19.7. The van der Waals surface area contributed by atoms with Gasteiger partial charge in [-0.1, -0.05) is 6.42 Å². The van der Waals surface area contributed by atoms with Crippen molar-refractivity contribution in [3.05, 3.63) is 23.8 Å². The average Bonchev–Trinajstić information content (AvgIpc) is 3.23. The number of hydrogen-bond donors (Lipinski definition) is 2. The molecule has 28 heavy (non-hydrogen) atoms. The molecule has 0 bridgehead atoms. The third kappa shape index (κ3) is 3.55. The summed E-state index contributed by atoms with van der Waals surface area (Å²) in [5.74, 6) is 0.119. The first-order valence-corrected chi connectivity index (χ1v) is 10.1. The second-order valence-electron chi connectivity index (χ2n) is 8.27. The second kappa shape index (κ2) is 7.62. The van der Waals surface area contributed by atoms with Crippen LogP contribution in [-0.4, -0.2) is 54.4 Å². The summed E-state index contributed by atoms with van der Waals surface area (Å²) in [6.45, 7) is 4.23. The van der Waals surface area contributed by atoms with E-state index in [1.165, 1.54) is 0 Å². The summed E-state index contributed by atoms with van der Waals surface area (Å²) in [5.41, 5.74) is 0.905. The molecule has 1 saturated carbocycles. The predicted molar refractivity (Wildman–Crippen MR) is 104 cm³/mol. The highest BCUT2D eigenvalue weighted by Crippen LogP contribution is 2.49. The van der Waals surface area contributed by atoms with Crippen LogP contribution in [0, 0.1) is 18.3 Å². The molecule has 1 aromatic carbocycles. The lowest BCUT2D eigenvalue weighted by molar-refractivity contribution is -0.149. The number of carboxylic acids is 1. The number of rotatable bonds is 4. The van der Waals surface area contributed by atoms with E-state index in [1.807, 2.05) is 25.1 Å². The smallest absolute Gasteiger partial charge is 0.321 e. The zero-order valence-corrected chi connectivity index (χ0v) is 16.3. The Balaban J connectivity index is 1.38. The van der Waals surface area contributed by atoms with Crippen molar-refractivity contribution in [2.24, 2.45) is 11.3 Å². The Labute approximate surface area is 165 Å². The van der Waals surface area contributed by atoms with Crippen molar-refractivity contribution in [2.45, 2.75) is 45.1 Å². The fraction of sp³-hybridized carbons (Fsp3) is 0.619. The van der Waals surface area contributed by atoms with E-state index in [9.17, 15) is 14.7 Å². The maximum atomic E-state index is 12.7. The molecule has 0 aromatic heterocycles. The first-order valence-electron chi connectivity index (χ1n) is 10.1. The molecule has 152 valence electrons. The summed E-state index contributed by atoms with van der Waals surface area (Å²) < 4.78 is 11.4. The summed E-state index contributed by atoms with van der Waals surface area (Å²) in [6, 6.07) is 5.39. The van der Waals surface area contributed by atoms with Gasteiger partial charge in [0.25, 0.3) is 0 Å². The van der Waals surface area contributed by atoms with Crippen LogP contribution in [0.25, 0.3) is 0 Å². The summed E-state index contributed by atoms with van der Waals surface area (Å²) in [5, 5.41) is 12.6. The number of ether oxygens (including phenoxy) is 2. The molecule has 0 unspecified atom stereocenters. The van der Waals surface area contributed by atoms with Crippen molar-refractivity contribution >= 4 is 17.7 Å². The van der Waals surface area contributed by atoms with Crippen LogP contribution in [-0.2, 0) is 9.53 Å². The fourth-order valence-electron chi connectivity index (χ4n) is 4.83. The van der Waals surface area contributed by atoms with Crippen LogP contribution in [0.2, 0.25) is 0 Å². The largest absolute Gasteiger partial charge is 0.490 e. The minimum Gasteiger partial charge on any atom is -0.490 e. The minimum atomic E-state index is -0.768. The fourth-order valence-corrected chi connectivity index (χ4v) is 4.83. The molecule has 2 N–H and O–H groups in total. The van der Waals surface area contributed by atoms with Gasteiger partial charge in [0.05, 0.1) is 18.6 Å². The highest BCUT2D eigenvalue weighted by molar-refractivity contribution is 5.91. The summed E-state index contributed by atoms with van der Waals surface area (Å²) >= 11 is 0. The number of hydrogen-bond acceptors (Lipinski definition) is 4. The Kier molecular flexibility index (Phi) is 5.19. The van der Waals surface area contributed by atoms with Crippen molar-refractivity contribution in [1.29, 1.82) is 0 Å². The predicted octanol–water partition coefficient (Wildman–Crippen LogP) is 3.27. The van der Waals surface area contributed by atoms with Gasteiger partial charge in [-0.25, -0.2) is 4.79 Å². The number of aryl methyl sites for hydroxylation is 1. The van der Waals surface area contributed by atoms with E-state index in [1.54, 1.807) is 4.90 Å². The number of fused-ring (bicyclic) bond motifs is 1. The Hall–Kier alpha value is -2.28. The average molecular weight is 388 g/mol. The quantitative estimate of drug-likeness (QED) is 0.826. The van der Waals surface area contributed by atoms with Gasteiger partial charge in [0.15, 0.2) is 0 Å². The second-order valence-corrected chi connectivity index (χ2v) is 8.27. The van der Waals surface area contributed by atoms with E-state index in [-0.39, 0.29) is 18.1 Å². The highest BCUT2D eigenvalue weighted by Gasteiger charge is 2.55. The normalized spacial score (nSPS) is 27.5.